The van der Waals surface area contributed by atoms with E-state index >= 15 is 0 Å². The van der Waals surface area contributed by atoms with Gasteiger partial charge in [0, 0.05) is 13.0 Å². The average Bonchev–Trinajstić information content (AvgIpc) is 2.73. The van der Waals surface area contributed by atoms with Gasteiger partial charge in [0.15, 0.2) is 6.61 Å². The van der Waals surface area contributed by atoms with Crippen molar-refractivity contribution in [2.75, 3.05) is 0 Å². The van der Waals surface area contributed by atoms with Crippen LogP contribution in [-0.2, 0) is 6.61 Å². The summed E-state index contributed by atoms with van der Waals surface area (Å²) in [5.41, 5.74) is 6.83. The van der Waals surface area contributed by atoms with Crippen LogP contribution in [0.25, 0.3) is 0 Å². The van der Waals surface area contributed by atoms with Crippen LogP contribution in [0.5, 0.6) is 5.75 Å². The van der Waals surface area contributed by atoms with Crippen LogP contribution in [0.3, 0.4) is 0 Å². The number of aryl methyl sites for hydroxylation is 1. The quantitative estimate of drug-likeness (QED) is 0.873. The van der Waals surface area contributed by atoms with Gasteiger partial charge in [-0.1, -0.05) is 17.3 Å². The molecule has 1 aromatic heterocycles. The lowest BCUT2D eigenvalue weighted by Gasteiger charge is -2.08. The highest BCUT2D eigenvalue weighted by Gasteiger charge is 2.04. The number of aromatic nitrogens is 2. The minimum absolute atomic E-state index is 0.00836. The Morgan fingerprint density at radius 1 is 1.47 bits per heavy atom. The smallest absolute Gasteiger partial charge is 0.223 e. The lowest BCUT2D eigenvalue weighted by atomic mass is 10.1. The zero-order valence-corrected chi connectivity index (χ0v) is 9.88. The molecular weight excluding hydrogens is 218 g/mol. The number of rotatable bonds is 4. The van der Waals surface area contributed by atoms with Crippen molar-refractivity contribution in [2.45, 2.75) is 26.5 Å². The van der Waals surface area contributed by atoms with E-state index in [-0.39, 0.29) is 6.04 Å². The van der Waals surface area contributed by atoms with Crippen LogP contribution in [-0.4, -0.2) is 10.1 Å². The summed E-state index contributed by atoms with van der Waals surface area (Å²) in [6, 6.07) is 7.66. The molecule has 0 radical (unpaired) electrons. The molecule has 0 fully saturated rings. The summed E-state index contributed by atoms with van der Waals surface area (Å²) in [6.45, 7) is 3.97. The van der Waals surface area contributed by atoms with E-state index < -0.39 is 0 Å². The van der Waals surface area contributed by atoms with Gasteiger partial charge in [-0.15, -0.1) is 0 Å². The standard InChI is InChI=1S/C12H15N3O2/c1-8(13)10-4-3-5-11(6-10)16-7-12-14-9(2)17-15-12/h3-6,8H,7,13H2,1-2H3. The highest BCUT2D eigenvalue weighted by Crippen LogP contribution is 2.18. The summed E-state index contributed by atoms with van der Waals surface area (Å²) in [6.07, 6.45) is 0. The summed E-state index contributed by atoms with van der Waals surface area (Å²) in [5, 5.41) is 3.75. The highest BCUT2D eigenvalue weighted by molar-refractivity contribution is 5.30. The molecule has 0 amide bonds. The van der Waals surface area contributed by atoms with E-state index in [1.807, 2.05) is 31.2 Å². The third-order valence-electron chi connectivity index (χ3n) is 2.32. The molecule has 1 atom stereocenters. The Hall–Kier alpha value is -1.88. The van der Waals surface area contributed by atoms with Crippen molar-refractivity contribution in [1.82, 2.24) is 10.1 Å². The third kappa shape index (κ3) is 3.04. The Labute approximate surface area is 99.6 Å². The van der Waals surface area contributed by atoms with E-state index in [1.54, 1.807) is 6.92 Å². The second-order valence-corrected chi connectivity index (χ2v) is 3.88. The van der Waals surface area contributed by atoms with Gasteiger partial charge in [0.25, 0.3) is 0 Å². The Morgan fingerprint density at radius 2 is 2.29 bits per heavy atom. The zero-order chi connectivity index (χ0) is 12.3. The maximum Gasteiger partial charge on any atom is 0.223 e. The van der Waals surface area contributed by atoms with Crippen LogP contribution in [0.1, 0.15) is 30.2 Å². The van der Waals surface area contributed by atoms with Crippen LogP contribution >= 0.6 is 0 Å². The van der Waals surface area contributed by atoms with Crippen molar-refractivity contribution in [3.63, 3.8) is 0 Å². The fourth-order valence-electron chi connectivity index (χ4n) is 1.44. The molecule has 17 heavy (non-hydrogen) atoms. The molecule has 0 bridgehead atoms. The molecular formula is C12H15N3O2. The van der Waals surface area contributed by atoms with Crippen molar-refractivity contribution in [2.24, 2.45) is 5.73 Å². The third-order valence-corrected chi connectivity index (χ3v) is 2.32. The first-order valence-electron chi connectivity index (χ1n) is 5.42. The van der Waals surface area contributed by atoms with Crippen molar-refractivity contribution < 1.29 is 9.26 Å². The topological polar surface area (TPSA) is 74.2 Å². The molecule has 0 saturated carbocycles. The van der Waals surface area contributed by atoms with E-state index in [1.165, 1.54) is 0 Å². The molecule has 2 N–H and O–H groups in total. The van der Waals surface area contributed by atoms with Crippen molar-refractivity contribution in [3.05, 3.63) is 41.5 Å². The minimum Gasteiger partial charge on any atom is -0.485 e. The van der Waals surface area contributed by atoms with Crippen LogP contribution in [0.2, 0.25) is 0 Å². The summed E-state index contributed by atoms with van der Waals surface area (Å²) in [7, 11) is 0. The Morgan fingerprint density at radius 3 is 2.94 bits per heavy atom. The summed E-state index contributed by atoms with van der Waals surface area (Å²) >= 11 is 0. The zero-order valence-electron chi connectivity index (χ0n) is 9.88. The molecule has 5 heteroatoms. The monoisotopic (exact) mass is 233 g/mol. The predicted octanol–water partition coefficient (Wildman–Crippen LogP) is 1.98. The van der Waals surface area contributed by atoms with E-state index in [0.29, 0.717) is 18.3 Å². The van der Waals surface area contributed by atoms with Crippen LogP contribution in [0.4, 0.5) is 0 Å². The van der Waals surface area contributed by atoms with Crippen molar-refractivity contribution >= 4 is 0 Å². The molecule has 90 valence electrons. The first-order chi connectivity index (χ1) is 8.15. The highest BCUT2D eigenvalue weighted by atomic mass is 16.5. The van der Waals surface area contributed by atoms with Crippen molar-refractivity contribution in [1.29, 1.82) is 0 Å². The lowest BCUT2D eigenvalue weighted by Crippen LogP contribution is -2.05. The first kappa shape index (κ1) is 11.6. The predicted molar refractivity (Wildman–Crippen MR) is 62.4 cm³/mol. The largest absolute Gasteiger partial charge is 0.485 e. The van der Waals surface area contributed by atoms with E-state index in [4.69, 9.17) is 15.0 Å². The summed E-state index contributed by atoms with van der Waals surface area (Å²) < 4.78 is 10.4. The number of ether oxygens (including phenoxy) is 1. The Kier molecular flexibility index (Phi) is 3.39. The van der Waals surface area contributed by atoms with E-state index in [9.17, 15) is 0 Å². The average molecular weight is 233 g/mol. The van der Waals surface area contributed by atoms with Crippen LogP contribution in [0, 0.1) is 6.92 Å². The molecule has 0 aliphatic rings. The van der Waals surface area contributed by atoms with Crippen LogP contribution in [0.15, 0.2) is 28.8 Å². The molecule has 0 saturated heterocycles. The summed E-state index contributed by atoms with van der Waals surface area (Å²) in [4.78, 5) is 4.06. The maximum absolute atomic E-state index is 5.80. The van der Waals surface area contributed by atoms with Gasteiger partial charge in [-0.05, 0) is 24.6 Å². The van der Waals surface area contributed by atoms with Gasteiger partial charge in [0.05, 0.1) is 0 Å². The van der Waals surface area contributed by atoms with Gasteiger partial charge >= 0.3 is 0 Å². The number of hydrogen-bond acceptors (Lipinski definition) is 5. The molecule has 2 aromatic rings. The molecule has 0 aliphatic heterocycles. The number of nitrogens with zero attached hydrogens (tertiary/aromatic N) is 2. The minimum atomic E-state index is -0.00836. The first-order valence-corrected chi connectivity index (χ1v) is 5.42. The number of benzene rings is 1. The lowest BCUT2D eigenvalue weighted by molar-refractivity contribution is 0.285. The normalized spacial score (nSPS) is 12.4. The SMILES string of the molecule is Cc1nc(COc2cccc(C(C)N)c2)no1. The second-order valence-electron chi connectivity index (χ2n) is 3.88. The molecule has 0 aliphatic carbocycles. The van der Waals surface area contributed by atoms with E-state index in [2.05, 4.69) is 10.1 Å². The molecule has 1 unspecified atom stereocenters. The molecule has 1 aromatic carbocycles. The Bertz CT molecular complexity index is 494. The molecule has 2 rings (SSSR count). The number of hydrogen-bond donors (Lipinski definition) is 1. The summed E-state index contributed by atoms with van der Waals surface area (Å²) in [5.74, 6) is 1.82. The maximum atomic E-state index is 5.80. The molecule has 5 nitrogen and oxygen atoms in total. The van der Waals surface area contributed by atoms with E-state index in [0.717, 1.165) is 11.3 Å². The molecule has 1 heterocycles. The van der Waals surface area contributed by atoms with Crippen molar-refractivity contribution in [3.8, 4) is 5.75 Å². The Balaban J connectivity index is 2.01. The van der Waals surface area contributed by atoms with Gasteiger partial charge in [0.1, 0.15) is 5.75 Å². The molecule has 0 spiro atoms. The van der Waals surface area contributed by atoms with Gasteiger partial charge in [-0.2, -0.15) is 4.98 Å². The number of nitrogens with two attached hydrogens (primary N) is 1. The van der Waals surface area contributed by atoms with Crippen LogP contribution < -0.4 is 10.5 Å². The fourth-order valence-corrected chi connectivity index (χ4v) is 1.44. The second kappa shape index (κ2) is 4.97. The van der Waals surface area contributed by atoms with Gasteiger partial charge in [-0.25, -0.2) is 0 Å². The van der Waals surface area contributed by atoms with Gasteiger partial charge in [-0.3, -0.25) is 0 Å². The fraction of sp³-hybridized carbons (Fsp3) is 0.333. The van der Waals surface area contributed by atoms with Gasteiger partial charge < -0.3 is 15.0 Å². The van der Waals surface area contributed by atoms with Gasteiger partial charge in [0.2, 0.25) is 11.7 Å².